The van der Waals surface area contributed by atoms with E-state index in [2.05, 4.69) is 48.0 Å². The summed E-state index contributed by atoms with van der Waals surface area (Å²) >= 11 is 12.2. The zero-order valence-electron chi connectivity index (χ0n) is 18.4. The van der Waals surface area contributed by atoms with Crippen LogP contribution in [0.2, 0.25) is 5.15 Å². The van der Waals surface area contributed by atoms with Crippen LogP contribution in [0.3, 0.4) is 0 Å². The molecule has 1 saturated heterocycles. The molecule has 1 aliphatic rings. The lowest BCUT2D eigenvalue weighted by molar-refractivity contribution is -0.156. The Morgan fingerprint density at radius 1 is 1.44 bits per heavy atom. The van der Waals surface area contributed by atoms with Gasteiger partial charge in [-0.3, -0.25) is 4.79 Å². The molecule has 0 aliphatic carbocycles. The van der Waals surface area contributed by atoms with Gasteiger partial charge in [0.05, 0.1) is 22.8 Å². The van der Waals surface area contributed by atoms with Gasteiger partial charge < -0.3 is 14.3 Å². The van der Waals surface area contributed by atoms with Crippen LogP contribution in [0.4, 0.5) is 5.82 Å². The van der Waals surface area contributed by atoms with Crippen LogP contribution in [-0.2, 0) is 14.3 Å². The van der Waals surface area contributed by atoms with Gasteiger partial charge in [-0.2, -0.15) is 0 Å². The summed E-state index contributed by atoms with van der Waals surface area (Å²) in [6.07, 6.45) is 3.08. The minimum absolute atomic E-state index is 0.0272. The third-order valence-corrected chi connectivity index (χ3v) is 8.46. The lowest BCUT2D eigenvalue weighted by Crippen LogP contribution is -2.47. The maximum Gasteiger partial charge on any atom is 0.302 e. The van der Waals surface area contributed by atoms with Gasteiger partial charge in [0.1, 0.15) is 34.1 Å². The molecule has 1 fully saturated rings. The summed E-state index contributed by atoms with van der Waals surface area (Å²) < 4.78 is 14.3. The van der Waals surface area contributed by atoms with E-state index in [1.54, 1.807) is 11.6 Å². The van der Waals surface area contributed by atoms with Gasteiger partial charge in [-0.25, -0.2) is 9.67 Å². The van der Waals surface area contributed by atoms with E-state index in [1.807, 2.05) is 23.9 Å². The maximum atomic E-state index is 11.5. The second kappa shape index (κ2) is 10.7. The highest BCUT2D eigenvalue weighted by Crippen LogP contribution is 2.46. The van der Waals surface area contributed by atoms with Crippen molar-refractivity contribution in [3.8, 4) is 10.7 Å². The highest BCUT2D eigenvalue weighted by Gasteiger charge is 2.44. The minimum Gasteiger partial charge on any atom is -0.463 e. The lowest BCUT2D eigenvalue weighted by atomic mass is 9.84. The van der Waals surface area contributed by atoms with Gasteiger partial charge in [-0.05, 0) is 22.0 Å². The molecule has 4 heterocycles. The summed E-state index contributed by atoms with van der Waals surface area (Å²) in [5.41, 5.74) is 0.287. The molecule has 5 atom stereocenters. The molecule has 0 N–H and O–H groups in total. The molecule has 9 nitrogen and oxygen atoms in total. The van der Waals surface area contributed by atoms with Crippen LogP contribution < -0.4 is 0 Å². The molecule has 0 radical (unpaired) electrons. The molecule has 3 aromatic rings. The Bertz CT molecular complexity index is 1230. The van der Waals surface area contributed by atoms with Gasteiger partial charge in [0.25, 0.3) is 5.82 Å². The van der Waals surface area contributed by atoms with Gasteiger partial charge in [-0.15, -0.1) is 33.2 Å². The Morgan fingerprint density at radius 3 is 2.91 bits per heavy atom. The molecule has 0 aromatic carbocycles. The summed E-state index contributed by atoms with van der Waals surface area (Å²) in [6.45, 7) is 13.1. The Morgan fingerprint density at radius 2 is 2.24 bits per heavy atom. The van der Waals surface area contributed by atoms with Crippen molar-refractivity contribution in [2.45, 2.75) is 43.2 Å². The number of esters is 1. The molecule has 34 heavy (non-hydrogen) atoms. The molecular weight excluding hydrogens is 564 g/mol. The smallest absolute Gasteiger partial charge is 0.302 e. The summed E-state index contributed by atoms with van der Waals surface area (Å²) in [5.74, 6) is -0.132. The van der Waals surface area contributed by atoms with Gasteiger partial charge in [0.15, 0.2) is 0 Å². The number of rotatable bonds is 6. The SMILES string of the molecule is [C-]#[N+]c1ncc(Br)cc1S[C@H]1OC(COC(C)=O)[C@H](C)[C@H](n2cc(-c3nc(Cl)cs3)nn2)C1C. The molecule has 1 aliphatic heterocycles. The van der Waals surface area contributed by atoms with E-state index in [0.717, 1.165) is 4.47 Å². The largest absolute Gasteiger partial charge is 0.463 e. The normalized spacial score (nSPS) is 24.5. The number of halogens is 2. The zero-order valence-corrected chi connectivity index (χ0v) is 22.4. The number of ether oxygens (including phenoxy) is 2. The van der Waals surface area contributed by atoms with Crippen molar-refractivity contribution in [2.24, 2.45) is 11.8 Å². The van der Waals surface area contributed by atoms with Gasteiger partial charge in [0, 0.05) is 29.0 Å². The first-order valence-corrected chi connectivity index (χ1v) is 13.2. The Labute approximate surface area is 218 Å². The number of thioether (sulfide) groups is 1. The third-order valence-electron chi connectivity index (χ3n) is 5.51. The van der Waals surface area contributed by atoms with Crippen LogP contribution in [0.15, 0.2) is 33.2 Å². The fourth-order valence-electron chi connectivity index (χ4n) is 3.89. The Hall–Kier alpha value is -2.04. The van der Waals surface area contributed by atoms with Crippen LogP contribution in [0.5, 0.6) is 0 Å². The van der Waals surface area contributed by atoms with Crippen molar-refractivity contribution in [1.82, 2.24) is 25.0 Å². The number of pyridine rings is 1. The Kier molecular flexibility index (Phi) is 7.89. The predicted octanol–water partition coefficient (Wildman–Crippen LogP) is 5.66. The first kappa shape index (κ1) is 25.1. The molecule has 2 unspecified atom stereocenters. The third kappa shape index (κ3) is 5.44. The van der Waals surface area contributed by atoms with E-state index in [9.17, 15) is 4.79 Å². The Balaban J connectivity index is 1.66. The van der Waals surface area contributed by atoms with Crippen molar-refractivity contribution < 1.29 is 14.3 Å². The summed E-state index contributed by atoms with van der Waals surface area (Å²) in [4.78, 5) is 24.2. The molecule has 0 saturated carbocycles. The lowest BCUT2D eigenvalue weighted by Gasteiger charge is -2.44. The standard InChI is InChI=1S/C21H20BrClN6O3S2/c1-10-15(8-31-12(3)30)32-21(34-16-5-13(22)6-25-19(16)24-4)11(2)18(10)29-7-14(27-28-29)20-26-17(23)9-33-20/h5-7,9-11,15,18,21H,8H2,1-3H3/t10-,11?,15?,18-,21+/m0/s1. The van der Waals surface area contributed by atoms with E-state index in [4.69, 9.17) is 27.6 Å². The number of nitrogens with zero attached hydrogens (tertiary/aromatic N) is 6. The second-order valence-electron chi connectivity index (χ2n) is 7.82. The van der Waals surface area contributed by atoms with Crippen LogP contribution in [0, 0.1) is 18.4 Å². The number of hydrogen-bond acceptors (Lipinski definition) is 9. The highest BCUT2D eigenvalue weighted by molar-refractivity contribution is 9.10. The van der Waals surface area contributed by atoms with Gasteiger partial charge in [0.2, 0.25) is 0 Å². The average molecular weight is 584 g/mol. The van der Waals surface area contributed by atoms with E-state index < -0.39 is 0 Å². The van der Waals surface area contributed by atoms with Crippen LogP contribution in [0.25, 0.3) is 15.5 Å². The quantitative estimate of drug-likeness (QED) is 0.271. The van der Waals surface area contributed by atoms with Crippen LogP contribution in [-0.4, -0.2) is 49.1 Å². The summed E-state index contributed by atoms with van der Waals surface area (Å²) in [6, 6.07) is 1.75. The average Bonchev–Trinajstić information content (AvgIpc) is 3.44. The van der Waals surface area contributed by atoms with Crippen molar-refractivity contribution >= 4 is 62.4 Å². The molecule has 13 heteroatoms. The van der Waals surface area contributed by atoms with Crippen molar-refractivity contribution in [3.63, 3.8) is 0 Å². The fraction of sp³-hybridized carbons (Fsp3) is 0.429. The molecule has 0 spiro atoms. The molecule has 178 valence electrons. The second-order valence-corrected chi connectivity index (χ2v) is 11.1. The molecular formula is C21H20BrClN6O3S2. The number of carbonyl (C=O) groups excluding carboxylic acids is 1. The number of thiazole rings is 1. The van der Waals surface area contributed by atoms with Gasteiger partial charge >= 0.3 is 5.97 Å². The van der Waals surface area contributed by atoms with Crippen molar-refractivity contribution in [2.75, 3.05) is 6.61 Å². The molecule has 4 rings (SSSR count). The fourth-order valence-corrected chi connectivity index (χ4v) is 6.49. The van der Waals surface area contributed by atoms with Gasteiger partial charge in [-0.1, -0.05) is 37.2 Å². The monoisotopic (exact) mass is 582 g/mol. The number of aromatic nitrogens is 5. The van der Waals surface area contributed by atoms with E-state index in [1.165, 1.54) is 30.0 Å². The first-order valence-electron chi connectivity index (χ1n) is 10.3. The maximum absolute atomic E-state index is 11.5. The minimum atomic E-state index is -0.374. The van der Waals surface area contributed by atoms with Crippen LogP contribution in [0.1, 0.15) is 26.8 Å². The molecule has 0 bridgehead atoms. The predicted molar refractivity (Wildman–Crippen MR) is 133 cm³/mol. The van der Waals surface area contributed by atoms with E-state index in [-0.39, 0.29) is 42.0 Å². The van der Waals surface area contributed by atoms with Crippen molar-refractivity contribution in [3.05, 3.63) is 44.9 Å². The summed E-state index contributed by atoms with van der Waals surface area (Å²) in [5, 5.41) is 11.6. The number of carbonyl (C=O) groups is 1. The highest BCUT2D eigenvalue weighted by atomic mass is 79.9. The zero-order chi connectivity index (χ0) is 24.4. The first-order chi connectivity index (χ1) is 16.3. The van der Waals surface area contributed by atoms with E-state index >= 15 is 0 Å². The molecule has 0 amide bonds. The molecule has 3 aromatic heterocycles. The number of hydrogen-bond donors (Lipinski definition) is 0. The van der Waals surface area contributed by atoms with E-state index in [0.29, 0.717) is 26.6 Å². The summed E-state index contributed by atoms with van der Waals surface area (Å²) in [7, 11) is 0. The topological polar surface area (TPSA) is 96.4 Å². The van der Waals surface area contributed by atoms with Crippen molar-refractivity contribution in [1.29, 1.82) is 0 Å². The van der Waals surface area contributed by atoms with Crippen LogP contribution >= 0.6 is 50.6 Å².